The van der Waals surface area contributed by atoms with Crippen LogP contribution in [0.15, 0.2) is 29.2 Å². The fourth-order valence-corrected chi connectivity index (χ4v) is 3.45. The molecular weight excluding hydrogens is 320 g/mol. The molecule has 0 radical (unpaired) electrons. The van der Waals surface area contributed by atoms with Crippen molar-refractivity contribution >= 4 is 33.0 Å². The molecular formula is C14H22N4O2S2. The molecule has 1 saturated heterocycles. The van der Waals surface area contributed by atoms with Gasteiger partial charge in [0.05, 0.1) is 4.90 Å². The van der Waals surface area contributed by atoms with Crippen molar-refractivity contribution in [2.45, 2.75) is 24.2 Å². The first kappa shape index (κ1) is 17.1. The zero-order chi connectivity index (χ0) is 16.2. The molecule has 2 rings (SSSR count). The van der Waals surface area contributed by atoms with Crippen molar-refractivity contribution in [3.63, 3.8) is 0 Å². The number of nitrogens with one attached hydrogen (secondary N) is 2. The van der Waals surface area contributed by atoms with E-state index < -0.39 is 10.0 Å². The van der Waals surface area contributed by atoms with E-state index >= 15 is 0 Å². The minimum atomic E-state index is -3.44. The standard InChI is InChI=1S/C14H22N4O2S2/c1-17(2)22(19,20)13-8-6-7-12(11-13)15-14(21)16-18-9-4-3-5-10-18/h6-8,11H,3-5,9-10H2,1-2H3,(H2,15,16,21). The molecule has 0 unspecified atom stereocenters. The summed E-state index contributed by atoms with van der Waals surface area (Å²) in [4.78, 5) is 0.239. The van der Waals surface area contributed by atoms with E-state index in [-0.39, 0.29) is 4.90 Å². The van der Waals surface area contributed by atoms with Gasteiger partial charge < -0.3 is 5.32 Å². The minimum Gasteiger partial charge on any atom is -0.332 e. The van der Waals surface area contributed by atoms with Crippen LogP contribution < -0.4 is 10.7 Å². The predicted molar refractivity (Wildman–Crippen MR) is 92.1 cm³/mol. The summed E-state index contributed by atoms with van der Waals surface area (Å²) < 4.78 is 25.4. The van der Waals surface area contributed by atoms with Crippen LogP contribution in [0.25, 0.3) is 0 Å². The van der Waals surface area contributed by atoms with E-state index in [0.717, 1.165) is 25.9 Å². The Morgan fingerprint density at radius 1 is 1.23 bits per heavy atom. The molecule has 6 nitrogen and oxygen atoms in total. The normalized spacial score (nSPS) is 16.5. The van der Waals surface area contributed by atoms with Crippen LogP contribution in [-0.4, -0.2) is 50.0 Å². The van der Waals surface area contributed by atoms with E-state index in [4.69, 9.17) is 12.2 Å². The number of hydrogen-bond acceptors (Lipinski definition) is 4. The summed E-state index contributed by atoms with van der Waals surface area (Å²) in [6.45, 7) is 1.94. The molecule has 1 aromatic carbocycles. The highest BCUT2D eigenvalue weighted by molar-refractivity contribution is 7.89. The number of hydrogen-bond donors (Lipinski definition) is 2. The van der Waals surface area contributed by atoms with Crippen molar-refractivity contribution < 1.29 is 8.42 Å². The highest BCUT2D eigenvalue weighted by atomic mass is 32.2. The molecule has 1 aromatic rings. The lowest BCUT2D eigenvalue weighted by Gasteiger charge is -2.28. The lowest BCUT2D eigenvalue weighted by atomic mass is 10.2. The molecule has 1 fully saturated rings. The van der Waals surface area contributed by atoms with E-state index in [1.54, 1.807) is 24.3 Å². The third-order valence-corrected chi connectivity index (χ3v) is 5.49. The number of anilines is 1. The number of sulfonamides is 1. The van der Waals surface area contributed by atoms with Crippen molar-refractivity contribution in [3.8, 4) is 0 Å². The summed E-state index contributed by atoms with van der Waals surface area (Å²) in [5.74, 6) is 0. The number of nitrogens with zero attached hydrogens (tertiary/aromatic N) is 2. The lowest BCUT2D eigenvalue weighted by molar-refractivity contribution is 0.196. The van der Waals surface area contributed by atoms with Gasteiger partial charge in [0.1, 0.15) is 0 Å². The van der Waals surface area contributed by atoms with Crippen molar-refractivity contribution in [1.29, 1.82) is 0 Å². The third-order valence-electron chi connectivity index (χ3n) is 3.49. The van der Waals surface area contributed by atoms with Gasteiger partial charge in [-0.25, -0.2) is 17.7 Å². The lowest BCUT2D eigenvalue weighted by Crippen LogP contribution is -2.46. The first-order chi connectivity index (χ1) is 10.4. The highest BCUT2D eigenvalue weighted by Crippen LogP contribution is 2.18. The third kappa shape index (κ3) is 4.39. The molecule has 0 spiro atoms. The average Bonchev–Trinajstić information content (AvgIpc) is 2.48. The largest absolute Gasteiger partial charge is 0.332 e. The summed E-state index contributed by atoms with van der Waals surface area (Å²) in [5, 5.41) is 5.59. The van der Waals surface area contributed by atoms with E-state index in [9.17, 15) is 8.42 Å². The van der Waals surface area contributed by atoms with Gasteiger partial charge in [0, 0.05) is 32.9 Å². The van der Waals surface area contributed by atoms with Gasteiger partial charge in [0.2, 0.25) is 10.0 Å². The second-order valence-electron chi connectivity index (χ2n) is 5.43. The van der Waals surface area contributed by atoms with Gasteiger partial charge in [-0.1, -0.05) is 12.5 Å². The Labute approximate surface area is 137 Å². The fourth-order valence-electron chi connectivity index (χ4n) is 2.25. The maximum absolute atomic E-state index is 12.1. The second-order valence-corrected chi connectivity index (χ2v) is 7.99. The molecule has 1 aliphatic heterocycles. The van der Waals surface area contributed by atoms with Crippen molar-refractivity contribution in [1.82, 2.24) is 14.7 Å². The molecule has 2 N–H and O–H groups in total. The zero-order valence-electron chi connectivity index (χ0n) is 12.9. The average molecular weight is 342 g/mol. The molecule has 1 aliphatic rings. The van der Waals surface area contributed by atoms with E-state index in [0.29, 0.717) is 10.8 Å². The van der Waals surface area contributed by atoms with Gasteiger partial charge in [-0.05, 0) is 43.3 Å². The molecule has 0 atom stereocenters. The molecule has 0 amide bonds. The van der Waals surface area contributed by atoms with Gasteiger partial charge in [-0.15, -0.1) is 0 Å². The molecule has 0 aliphatic carbocycles. The smallest absolute Gasteiger partial charge is 0.242 e. The topological polar surface area (TPSA) is 64.7 Å². The van der Waals surface area contributed by atoms with Gasteiger partial charge in [0.25, 0.3) is 0 Å². The van der Waals surface area contributed by atoms with Crippen LogP contribution in [0.1, 0.15) is 19.3 Å². The van der Waals surface area contributed by atoms with Crippen LogP contribution in [-0.2, 0) is 10.0 Å². The van der Waals surface area contributed by atoms with Crippen molar-refractivity contribution in [2.24, 2.45) is 0 Å². The van der Waals surface area contributed by atoms with Crippen LogP contribution in [0.2, 0.25) is 0 Å². The van der Waals surface area contributed by atoms with Crippen LogP contribution in [0.3, 0.4) is 0 Å². The molecule has 22 heavy (non-hydrogen) atoms. The number of thiocarbonyl (C=S) groups is 1. The number of rotatable bonds is 4. The Morgan fingerprint density at radius 3 is 2.55 bits per heavy atom. The molecule has 8 heteroatoms. The van der Waals surface area contributed by atoms with Gasteiger partial charge in [0.15, 0.2) is 5.11 Å². The van der Waals surface area contributed by atoms with Crippen molar-refractivity contribution in [2.75, 3.05) is 32.5 Å². The van der Waals surface area contributed by atoms with Crippen LogP contribution >= 0.6 is 12.2 Å². The Kier molecular flexibility index (Phi) is 5.74. The van der Waals surface area contributed by atoms with E-state index in [2.05, 4.69) is 15.8 Å². The van der Waals surface area contributed by atoms with Crippen LogP contribution in [0.5, 0.6) is 0 Å². The molecule has 0 aromatic heterocycles. The summed E-state index contributed by atoms with van der Waals surface area (Å²) in [6.07, 6.45) is 3.57. The number of benzene rings is 1. The van der Waals surface area contributed by atoms with E-state index in [1.807, 2.05) is 0 Å². The molecule has 122 valence electrons. The SMILES string of the molecule is CN(C)S(=O)(=O)c1cccc(NC(=S)NN2CCCCC2)c1. The Morgan fingerprint density at radius 2 is 1.91 bits per heavy atom. The Balaban J connectivity index is 2.02. The second kappa shape index (κ2) is 7.36. The maximum Gasteiger partial charge on any atom is 0.242 e. The monoisotopic (exact) mass is 342 g/mol. The highest BCUT2D eigenvalue weighted by Gasteiger charge is 2.17. The number of piperidine rings is 1. The summed E-state index contributed by atoms with van der Waals surface area (Å²) in [6, 6.07) is 6.64. The van der Waals surface area contributed by atoms with Gasteiger partial charge in [-0.3, -0.25) is 5.43 Å². The van der Waals surface area contributed by atoms with Gasteiger partial charge >= 0.3 is 0 Å². The maximum atomic E-state index is 12.1. The quantitative estimate of drug-likeness (QED) is 0.811. The Hall–Kier alpha value is -1.22. The summed E-state index contributed by atoms with van der Waals surface area (Å²) in [5.41, 5.74) is 3.79. The first-order valence-corrected chi connectivity index (χ1v) is 9.09. The zero-order valence-corrected chi connectivity index (χ0v) is 14.5. The number of hydrazine groups is 1. The van der Waals surface area contributed by atoms with Gasteiger partial charge in [-0.2, -0.15) is 0 Å². The minimum absolute atomic E-state index is 0.239. The summed E-state index contributed by atoms with van der Waals surface area (Å²) in [7, 11) is -0.419. The predicted octanol–water partition coefficient (Wildman–Crippen LogP) is 1.62. The Bertz CT molecular complexity index is 625. The van der Waals surface area contributed by atoms with Crippen molar-refractivity contribution in [3.05, 3.63) is 24.3 Å². The van der Waals surface area contributed by atoms with E-state index in [1.165, 1.54) is 24.8 Å². The molecule has 0 bridgehead atoms. The summed E-state index contributed by atoms with van der Waals surface area (Å²) >= 11 is 5.28. The molecule has 0 saturated carbocycles. The first-order valence-electron chi connectivity index (χ1n) is 7.25. The van der Waals surface area contributed by atoms with Crippen LogP contribution in [0, 0.1) is 0 Å². The van der Waals surface area contributed by atoms with Crippen LogP contribution in [0.4, 0.5) is 5.69 Å². The molecule has 1 heterocycles. The fraction of sp³-hybridized carbons (Fsp3) is 0.500.